The van der Waals surface area contributed by atoms with Crippen molar-refractivity contribution >= 4 is 32.7 Å². The van der Waals surface area contributed by atoms with Crippen molar-refractivity contribution in [3.63, 3.8) is 0 Å². The summed E-state index contributed by atoms with van der Waals surface area (Å²) in [6.45, 7) is 11.6. The van der Waals surface area contributed by atoms with Gasteiger partial charge in [-0.05, 0) is 49.4 Å². The van der Waals surface area contributed by atoms with Crippen LogP contribution in [0.4, 0.5) is 0 Å². The van der Waals surface area contributed by atoms with Gasteiger partial charge < -0.3 is 20.3 Å². The first-order valence-electron chi connectivity index (χ1n) is 15.5. The summed E-state index contributed by atoms with van der Waals surface area (Å²) in [6, 6.07) is 13.4. The number of amides is 2. The maximum Gasteiger partial charge on any atom is 0.243 e. The molecule has 0 bridgehead atoms. The van der Waals surface area contributed by atoms with E-state index in [-0.39, 0.29) is 29.2 Å². The number of aliphatic hydroxyl groups is 1. The highest BCUT2D eigenvalue weighted by Gasteiger charge is 2.32. The van der Waals surface area contributed by atoms with Crippen LogP contribution in [0.5, 0.6) is 0 Å². The number of benzene rings is 2. The molecule has 0 aliphatic carbocycles. The van der Waals surface area contributed by atoms with E-state index in [1.165, 1.54) is 4.31 Å². The molecule has 1 aromatic heterocycles. The first-order chi connectivity index (χ1) is 20.6. The van der Waals surface area contributed by atoms with Crippen LogP contribution in [0, 0.1) is 18.3 Å². The quantitative estimate of drug-likeness (QED) is 0.214. The number of nitrogens with one attached hydrogen (secondary N) is 2. The molecule has 0 radical (unpaired) electrons. The first kappa shape index (κ1) is 35.3. The summed E-state index contributed by atoms with van der Waals surface area (Å²) < 4.78 is 30.5. The molecule has 0 unspecified atom stereocenters. The lowest BCUT2D eigenvalue weighted by Crippen LogP contribution is -2.51. The van der Waals surface area contributed by atoms with Gasteiger partial charge in [0.05, 0.1) is 11.5 Å². The second kappa shape index (κ2) is 15.2. The van der Waals surface area contributed by atoms with Crippen molar-refractivity contribution in [2.75, 3.05) is 19.7 Å². The number of nitrogens with zero attached hydrogens (tertiary/aromatic N) is 2. The summed E-state index contributed by atoms with van der Waals surface area (Å²) in [5.41, 5.74) is 2.34. The molecule has 242 valence electrons. The molecule has 2 amide bonds. The molecular formula is C34H50N4O5S. The predicted molar refractivity (Wildman–Crippen MR) is 176 cm³/mol. The molecule has 10 heteroatoms. The summed E-state index contributed by atoms with van der Waals surface area (Å²) in [5.74, 6) is -0.396. The lowest BCUT2D eigenvalue weighted by molar-refractivity contribution is -0.133. The van der Waals surface area contributed by atoms with E-state index in [4.69, 9.17) is 0 Å². The topological polar surface area (TPSA) is 121 Å². The van der Waals surface area contributed by atoms with Crippen molar-refractivity contribution in [2.24, 2.45) is 18.4 Å². The zero-order valence-corrected chi connectivity index (χ0v) is 28.1. The third-order valence-electron chi connectivity index (χ3n) is 7.76. The molecule has 1 heterocycles. The number of carbonyl (C=O) groups excluding carboxylic acids is 2. The highest BCUT2D eigenvalue weighted by atomic mass is 32.2. The lowest BCUT2D eigenvalue weighted by atomic mass is 9.94. The van der Waals surface area contributed by atoms with Gasteiger partial charge in [0.25, 0.3) is 0 Å². The molecule has 44 heavy (non-hydrogen) atoms. The summed E-state index contributed by atoms with van der Waals surface area (Å²) in [4.78, 5) is 26.5. The molecule has 3 aromatic rings. The molecule has 9 nitrogen and oxygen atoms in total. The maximum absolute atomic E-state index is 13.5. The number of carbonyl (C=O) groups is 2. The normalized spacial score (nSPS) is 13.8. The van der Waals surface area contributed by atoms with Gasteiger partial charge in [0, 0.05) is 55.1 Å². The molecule has 3 rings (SSSR count). The van der Waals surface area contributed by atoms with Crippen LogP contribution in [-0.2, 0) is 33.1 Å². The standard InChI is InChI=1S/C34H50N4O5S/c1-24(2)21-38(44(42,43)28-17-15-25(3)16-18-28)27(23-39)12-10-11-19-35-32(40)30(36-33(41)34(4,5)6)20-26-22-37(7)31-14-9-8-13-29(26)31/h8-9,13-18,22,24,27,30,39H,10-12,19-21,23H2,1-7H3,(H,35,40)(H,36,41)/t27-,30-/m0/s1. The number of unbranched alkanes of at least 4 members (excludes halogenated alkanes) is 1. The number of rotatable bonds is 15. The zero-order valence-electron chi connectivity index (χ0n) is 27.3. The largest absolute Gasteiger partial charge is 0.395 e. The van der Waals surface area contributed by atoms with Crippen LogP contribution in [-0.4, -0.2) is 66.0 Å². The van der Waals surface area contributed by atoms with Crippen LogP contribution in [0.25, 0.3) is 10.9 Å². The van der Waals surface area contributed by atoms with E-state index in [1.807, 2.05) is 83.6 Å². The minimum absolute atomic E-state index is 0.0746. The van der Waals surface area contributed by atoms with Gasteiger partial charge in [-0.1, -0.05) is 76.9 Å². The monoisotopic (exact) mass is 626 g/mol. The summed E-state index contributed by atoms with van der Waals surface area (Å²) in [7, 11) is -1.84. The molecule has 2 atom stereocenters. The molecule has 0 saturated heterocycles. The van der Waals surface area contributed by atoms with Crippen molar-refractivity contribution in [1.82, 2.24) is 19.5 Å². The van der Waals surface area contributed by atoms with Gasteiger partial charge in [0.1, 0.15) is 6.04 Å². The van der Waals surface area contributed by atoms with Crippen LogP contribution >= 0.6 is 0 Å². The minimum atomic E-state index is -3.80. The average Bonchev–Trinajstić information content (AvgIpc) is 3.28. The number of aliphatic hydroxyl groups excluding tert-OH is 1. The fraction of sp³-hybridized carbons (Fsp3) is 0.529. The predicted octanol–water partition coefficient (Wildman–Crippen LogP) is 4.55. The van der Waals surface area contributed by atoms with E-state index in [2.05, 4.69) is 10.6 Å². The van der Waals surface area contributed by atoms with Gasteiger partial charge in [-0.25, -0.2) is 8.42 Å². The molecule has 0 saturated carbocycles. The van der Waals surface area contributed by atoms with E-state index in [0.29, 0.717) is 38.8 Å². The van der Waals surface area contributed by atoms with E-state index in [0.717, 1.165) is 22.0 Å². The lowest BCUT2D eigenvalue weighted by Gasteiger charge is -2.31. The molecule has 3 N–H and O–H groups in total. The highest BCUT2D eigenvalue weighted by Crippen LogP contribution is 2.24. The number of para-hydroxylation sites is 1. The van der Waals surface area contributed by atoms with Gasteiger partial charge in [0.15, 0.2) is 0 Å². The van der Waals surface area contributed by atoms with Crippen molar-refractivity contribution in [3.05, 3.63) is 65.9 Å². The Morgan fingerprint density at radius 3 is 2.30 bits per heavy atom. The Morgan fingerprint density at radius 2 is 1.68 bits per heavy atom. The van der Waals surface area contributed by atoms with Crippen molar-refractivity contribution in [3.8, 4) is 0 Å². The third-order valence-corrected chi connectivity index (χ3v) is 9.69. The minimum Gasteiger partial charge on any atom is -0.395 e. The van der Waals surface area contributed by atoms with Crippen LogP contribution in [0.3, 0.4) is 0 Å². The Kier molecular flexibility index (Phi) is 12.2. The van der Waals surface area contributed by atoms with Crippen molar-refractivity contribution in [1.29, 1.82) is 0 Å². The second-order valence-corrected chi connectivity index (χ2v) is 15.1. The van der Waals surface area contributed by atoms with E-state index >= 15 is 0 Å². The molecule has 0 fully saturated rings. The Labute approximate surface area is 263 Å². The molecule has 0 aliphatic heterocycles. The summed E-state index contributed by atoms with van der Waals surface area (Å²) in [6.07, 6.45) is 3.99. The Morgan fingerprint density at radius 1 is 1.02 bits per heavy atom. The van der Waals surface area contributed by atoms with Crippen LogP contribution < -0.4 is 10.6 Å². The molecule has 0 aliphatic rings. The summed E-state index contributed by atoms with van der Waals surface area (Å²) >= 11 is 0. The number of sulfonamides is 1. The summed E-state index contributed by atoms with van der Waals surface area (Å²) in [5, 5.41) is 17.2. The van der Waals surface area contributed by atoms with Gasteiger partial charge >= 0.3 is 0 Å². The zero-order chi connectivity index (χ0) is 32.7. The first-order valence-corrected chi connectivity index (χ1v) is 16.9. The molecule has 0 spiro atoms. The van der Waals surface area contributed by atoms with Gasteiger partial charge in [-0.15, -0.1) is 0 Å². The van der Waals surface area contributed by atoms with Crippen LogP contribution in [0.2, 0.25) is 0 Å². The fourth-order valence-electron chi connectivity index (χ4n) is 5.21. The Bertz CT molecular complexity index is 1510. The number of aromatic nitrogens is 1. The fourth-order valence-corrected chi connectivity index (χ4v) is 7.02. The van der Waals surface area contributed by atoms with E-state index < -0.39 is 27.5 Å². The van der Waals surface area contributed by atoms with E-state index in [9.17, 15) is 23.1 Å². The second-order valence-electron chi connectivity index (χ2n) is 13.2. The number of aryl methyl sites for hydroxylation is 2. The maximum atomic E-state index is 13.5. The number of hydrogen-bond donors (Lipinski definition) is 3. The number of hydrogen-bond acceptors (Lipinski definition) is 5. The smallest absolute Gasteiger partial charge is 0.243 e. The SMILES string of the molecule is Cc1ccc(S(=O)(=O)N(CC(C)C)[C@H](CO)CCCCNC(=O)[C@H](Cc2cn(C)c3ccccc23)NC(=O)C(C)(C)C)cc1. The van der Waals surface area contributed by atoms with Crippen LogP contribution in [0.15, 0.2) is 59.6 Å². The number of fused-ring (bicyclic) bond motifs is 1. The molecular weight excluding hydrogens is 576 g/mol. The Balaban J connectivity index is 1.65. The van der Waals surface area contributed by atoms with Crippen molar-refractivity contribution < 1.29 is 23.1 Å². The van der Waals surface area contributed by atoms with Crippen LogP contribution in [0.1, 0.15) is 65.0 Å². The van der Waals surface area contributed by atoms with E-state index in [1.54, 1.807) is 24.3 Å². The van der Waals surface area contributed by atoms with Crippen molar-refractivity contribution in [2.45, 2.75) is 84.2 Å². The van der Waals surface area contributed by atoms with Gasteiger partial charge in [0.2, 0.25) is 21.8 Å². The third kappa shape index (κ3) is 9.15. The van der Waals surface area contributed by atoms with Gasteiger partial charge in [-0.3, -0.25) is 9.59 Å². The van der Waals surface area contributed by atoms with Gasteiger partial charge in [-0.2, -0.15) is 4.31 Å². The average molecular weight is 627 g/mol. The highest BCUT2D eigenvalue weighted by molar-refractivity contribution is 7.89. The molecule has 2 aromatic carbocycles. The Hall–Kier alpha value is -3.21.